The number of likely N-dealkylation sites (tertiary alicyclic amines) is 1. The van der Waals surface area contributed by atoms with Crippen LogP contribution in [0.5, 0.6) is 5.75 Å². The molecule has 1 N–H and O–H groups in total. The predicted molar refractivity (Wildman–Crippen MR) is 240 cm³/mol. The van der Waals surface area contributed by atoms with Crippen molar-refractivity contribution < 1.29 is 38.3 Å². The van der Waals surface area contributed by atoms with Gasteiger partial charge in [-0.3, -0.25) is 23.0 Å². The standard InChI is InChI=1S/C43H62N4O10SSi2/c1-8-17-55-43(51)47-31(15-16-32(47)26-48)25-46-41(49)34-13-11-12-33(40(34)58-46)38-42(50)45(28-52-19-21-59(2,3)4)35-23-30(27-56-37-14-9-10-18-54-37)24-36(39(35)44-38)57-29-53-20-22-60(5,6)7/h8,11-13,23-24,31-32,37,48H,1,9-10,14-22,25-29H2,2-7H3. The Kier molecular flexibility index (Phi) is 15.6. The van der Waals surface area contributed by atoms with E-state index < -0.39 is 28.3 Å². The number of hydrogen-bond donors (Lipinski definition) is 1. The highest BCUT2D eigenvalue weighted by atomic mass is 32.1. The minimum atomic E-state index is -1.44. The molecule has 328 valence electrons. The van der Waals surface area contributed by atoms with Crippen LogP contribution in [0.2, 0.25) is 51.4 Å². The maximum absolute atomic E-state index is 14.8. The smallest absolute Gasteiger partial charge is 0.410 e. The fraction of sp³-hybridized carbons (Fsp3) is 0.581. The van der Waals surface area contributed by atoms with Gasteiger partial charge in [0.25, 0.3) is 11.1 Å². The number of amides is 1. The number of aromatic nitrogens is 3. The van der Waals surface area contributed by atoms with Gasteiger partial charge in [-0.2, -0.15) is 0 Å². The average molecular weight is 883 g/mol. The Labute approximate surface area is 358 Å². The third-order valence-electron chi connectivity index (χ3n) is 10.8. The summed E-state index contributed by atoms with van der Waals surface area (Å²) in [4.78, 5) is 48.5. The largest absolute Gasteiger partial charge is 0.465 e. The van der Waals surface area contributed by atoms with E-state index in [1.165, 1.54) is 22.5 Å². The number of aliphatic hydroxyl groups is 1. The van der Waals surface area contributed by atoms with Gasteiger partial charge in [0.05, 0.1) is 47.4 Å². The number of carbonyl (C=O) groups excluding carboxylic acids is 1. The van der Waals surface area contributed by atoms with Gasteiger partial charge in [0.2, 0.25) is 0 Å². The van der Waals surface area contributed by atoms with E-state index in [0.29, 0.717) is 65.1 Å². The molecule has 17 heteroatoms. The molecule has 60 heavy (non-hydrogen) atoms. The molecule has 0 bridgehead atoms. The van der Waals surface area contributed by atoms with Crippen LogP contribution in [0.15, 0.2) is 52.6 Å². The normalized spacial score (nSPS) is 18.7. The fourth-order valence-electron chi connectivity index (χ4n) is 7.38. The van der Waals surface area contributed by atoms with Gasteiger partial charge in [-0.25, -0.2) is 9.78 Å². The summed E-state index contributed by atoms with van der Waals surface area (Å²) < 4.78 is 39.8. The molecule has 3 atom stereocenters. The number of rotatable bonds is 20. The first-order valence-electron chi connectivity index (χ1n) is 21.1. The Morgan fingerprint density at radius 3 is 2.45 bits per heavy atom. The summed E-state index contributed by atoms with van der Waals surface area (Å²) in [5, 5.41) is 10.5. The Balaban J connectivity index is 1.42. The summed E-state index contributed by atoms with van der Waals surface area (Å²) >= 11 is 1.22. The minimum absolute atomic E-state index is 0.00498. The van der Waals surface area contributed by atoms with Crippen molar-refractivity contribution in [3.8, 4) is 17.0 Å². The lowest BCUT2D eigenvalue weighted by Crippen LogP contribution is -2.45. The molecule has 4 aromatic rings. The zero-order valence-corrected chi connectivity index (χ0v) is 38.9. The Hall–Kier alpha value is -3.69. The van der Waals surface area contributed by atoms with Crippen LogP contribution < -0.4 is 15.9 Å². The molecule has 2 aliphatic rings. The molecule has 2 saturated heterocycles. The van der Waals surface area contributed by atoms with E-state index in [-0.39, 0.29) is 69.0 Å². The molecule has 1 amide bonds. The summed E-state index contributed by atoms with van der Waals surface area (Å²) in [7, 11) is -2.77. The molecule has 4 heterocycles. The second kappa shape index (κ2) is 20.5. The van der Waals surface area contributed by atoms with Crippen molar-refractivity contribution in [2.45, 2.75) is 122 Å². The molecule has 0 aliphatic carbocycles. The van der Waals surface area contributed by atoms with E-state index in [0.717, 1.165) is 36.9 Å². The molecule has 2 fully saturated rings. The van der Waals surface area contributed by atoms with Gasteiger partial charge < -0.3 is 33.5 Å². The van der Waals surface area contributed by atoms with Crippen molar-refractivity contribution in [3.05, 3.63) is 69.3 Å². The first-order valence-corrected chi connectivity index (χ1v) is 29.2. The first kappa shape index (κ1) is 45.8. The van der Waals surface area contributed by atoms with E-state index in [1.807, 2.05) is 12.1 Å². The van der Waals surface area contributed by atoms with Gasteiger partial charge in [-0.1, -0.05) is 75.6 Å². The molecule has 0 saturated carbocycles. The lowest BCUT2D eigenvalue weighted by molar-refractivity contribution is -0.168. The molecule has 2 aromatic heterocycles. The van der Waals surface area contributed by atoms with Crippen LogP contribution in [0, 0.1) is 0 Å². The summed E-state index contributed by atoms with van der Waals surface area (Å²) in [5.74, 6) is 0.432. The van der Waals surface area contributed by atoms with Gasteiger partial charge in [0.1, 0.15) is 24.5 Å². The predicted octanol–water partition coefficient (Wildman–Crippen LogP) is 7.63. The highest BCUT2D eigenvalue weighted by molar-refractivity contribution is 7.14. The number of benzene rings is 2. The summed E-state index contributed by atoms with van der Waals surface area (Å²) in [5.41, 5.74) is 1.79. The molecule has 6 rings (SSSR count). The van der Waals surface area contributed by atoms with E-state index >= 15 is 0 Å². The van der Waals surface area contributed by atoms with Crippen LogP contribution >= 0.6 is 11.5 Å². The topological polar surface area (TPSA) is 153 Å². The molecule has 0 radical (unpaired) electrons. The molecule has 0 spiro atoms. The number of nitrogens with zero attached hydrogens (tertiary/aromatic N) is 4. The van der Waals surface area contributed by atoms with Crippen LogP contribution in [0.4, 0.5) is 4.79 Å². The molecule has 2 aliphatic heterocycles. The fourth-order valence-corrected chi connectivity index (χ4v) is 10.1. The van der Waals surface area contributed by atoms with E-state index in [1.54, 1.807) is 26.7 Å². The maximum atomic E-state index is 14.8. The highest BCUT2D eigenvalue weighted by Gasteiger charge is 2.38. The number of aliphatic hydroxyl groups excluding tert-OH is 1. The molecular weight excluding hydrogens is 821 g/mol. The zero-order valence-electron chi connectivity index (χ0n) is 36.0. The second-order valence-corrected chi connectivity index (χ2v) is 30.3. The number of ether oxygens (including phenoxy) is 6. The molecule has 2 aromatic carbocycles. The molecule has 14 nitrogen and oxygen atoms in total. The van der Waals surface area contributed by atoms with Crippen molar-refractivity contribution in [1.29, 1.82) is 0 Å². The van der Waals surface area contributed by atoms with E-state index in [4.69, 9.17) is 33.4 Å². The van der Waals surface area contributed by atoms with Crippen molar-refractivity contribution >= 4 is 54.9 Å². The summed E-state index contributed by atoms with van der Waals surface area (Å²) in [6, 6.07) is 10.2. The summed E-state index contributed by atoms with van der Waals surface area (Å²) in [6.07, 6.45) is 4.63. The van der Waals surface area contributed by atoms with Gasteiger partial charge in [-0.15, -0.1) is 0 Å². The van der Waals surface area contributed by atoms with Crippen molar-refractivity contribution in [1.82, 2.24) is 18.4 Å². The quantitative estimate of drug-likeness (QED) is 0.0404. The highest BCUT2D eigenvalue weighted by Crippen LogP contribution is 2.34. The van der Waals surface area contributed by atoms with Gasteiger partial charge in [-0.05, 0) is 68.0 Å². The third-order valence-corrected chi connectivity index (χ3v) is 15.4. The lowest BCUT2D eigenvalue weighted by atomic mass is 10.1. The second-order valence-electron chi connectivity index (χ2n) is 18.1. The SMILES string of the molecule is C=CCOC(=O)N1C(CO)CCC1Cn1sc2c(-c3nc4c(OCOCC[Si](C)(C)C)cc(COC5CCCCO5)cc4n(COCC[Si](C)(C)C)c3=O)cccc2c1=O. The van der Waals surface area contributed by atoms with Crippen molar-refractivity contribution in [3.63, 3.8) is 0 Å². The van der Waals surface area contributed by atoms with Gasteiger partial charge >= 0.3 is 6.09 Å². The molecular formula is C43H62N4O10SSi2. The Morgan fingerprint density at radius 2 is 1.75 bits per heavy atom. The van der Waals surface area contributed by atoms with Crippen molar-refractivity contribution in [2.75, 3.05) is 39.8 Å². The Bertz CT molecular complexity index is 2220. The van der Waals surface area contributed by atoms with Crippen LogP contribution in [-0.2, 0) is 43.6 Å². The number of hydrogen-bond acceptors (Lipinski definition) is 12. The molecule has 3 unspecified atom stereocenters. The monoisotopic (exact) mass is 882 g/mol. The average Bonchev–Trinajstić information content (AvgIpc) is 3.77. The Morgan fingerprint density at radius 1 is 1.00 bits per heavy atom. The minimum Gasteiger partial charge on any atom is -0.465 e. The van der Waals surface area contributed by atoms with Crippen LogP contribution in [0.25, 0.3) is 32.4 Å². The third kappa shape index (κ3) is 11.6. The van der Waals surface area contributed by atoms with Crippen LogP contribution in [0.1, 0.15) is 37.7 Å². The lowest BCUT2D eigenvalue weighted by Gasteiger charge is -2.28. The number of carbonyl (C=O) groups is 1. The van der Waals surface area contributed by atoms with Gasteiger partial charge in [0, 0.05) is 41.5 Å². The van der Waals surface area contributed by atoms with Crippen LogP contribution in [-0.4, -0.2) is 104 Å². The van der Waals surface area contributed by atoms with Crippen molar-refractivity contribution in [2.24, 2.45) is 0 Å². The first-order chi connectivity index (χ1) is 28.7. The number of fused-ring (bicyclic) bond motifs is 2. The zero-order chi connectivity index (χ0) is 43.0. The summed E-state index contributed by atoms with van der Waals surface area (Å²) in [6.45, 7) is 19.3. The van der Waals surface area contributed by atoms with Crippen LogP contribution in [0.3, 0.4) is 0 Å². The van der Waals surface area contributed by atoms with Gasteiger partial charge in [0.15, 0.2) is 18.8 Å². The maximum Gasteiger partial charge on any atom is 0.410 e. The van der Waals surface area contributed by atoms with E-state index in [9.17, 15) is 19.5 Å². The van der Waals surface area contributed by atoms with E-state index in [2.05, 4.69) is 45.9 Å².